The van der Waals surface area contributed by atoms with E-state index in [0.29, 0.717) is 26.3 Å². The van der Waals surface area contributed by atoms with Gasteiger partial charge in [-0.2, -0.15) is 13.2 Å². The van der Waals surface area contributed by atoms with E-state index in [2.05, 4.69) is 5.32 Å². The minimum atomic E-state index is -4.90. The molecule has 0 radical (unpaired) electrons. The second-order valence-corrected chi connectivity index (χ2v) is 7.23. The van der Waals surface area contributed by atoms with Crippen molar-refractivity contribution in [3.63, 3.8) is 0 Å². The summed E-state index contributed by atoms with van der Waals surface area (Å²) in [7, 11) is 0. The predicted octanol–water partition coefficient (Wildman–Crippen LogP) is 0.787. The Balaban J connectivity index is 1.91. The molecule has 2 aliphatic rings. The van der Waals surface area contributed by atoms with E-state index in [4.69, 9.17) is 4.74 Å². The second-order valence-electron chi connectivity index (χ2n) is 7.23. The van der Waals surface area contributed by atoms with Crippen LogP contribution in [-0.2, 0) is 19.1 Å². The standard InChI is InChI=1S/C17H26F3N3O4/c1-11(2)13(15(25)22-7-9-27-10-8-22)21-14(24)12-3-5-23(6-4-12)16(26)17(18,19)20/h11-13H,3-10H2,1-2H3,(H,21,24)/t13-/m1/s1. The molecule has 0 aromatic carbocycles. The molecule has 0 unspecified atom stereocenters. The molecule has 2 rings (SSSR count). The van der Waals surface area contributed by atoms with E-state index >= 15 is 0 Å². The maximum atomic E-state index is 12.7. The fourth-order valence-corrected chi connectivity index (χ4v) is 3.29. The number of likely N-dealkylation sites (tertiary alicyclic amines) is 1. The number of ether oxygens (including phenoxy) is 1. The van der Waals surface area contributed by atoms with Crippen molar-refractivity contribution < 1.29 is 32.3 Å². The van der Waals surface area contributed by atoms with Crippen LogP contribution in [0.2, 0.25) is 0 Å². The van der Waals surface area contributed by atoms with Gasteiger partial charge in [0.05, 0.1) is 13.2 Å². The Morgan fingerprint density at radius 1 is 1.00 bits per heavy atom. The molecule has 10 heteroatoms. The molecule has 2 heterocycles. The van der Waals surface area contributed by atoms with Gasteiger partial charge in [0, 0.05) is 32.1 Å². The molecule has 27 heavy (non-hydrogen) atoms. The molecule has 0 aliphatic carbocycles. The van der Waals surface area contributed by atoms with E-state index in [1.54, 1.807) is 4.90 Å². The zero-order valence-corrected chi connectivity index (χ0v) is 15.6. The summed E-state index contributed by atoms with van der Waals surface area (Å²) in [5.41, 5.74) is 0. The van der Waals surface area contributed by atoms with Crippen molar-refractivity contribution in [3.05, 3.63) is 0 Å². The zero-order chi connectivity index (χ0) is 20.2. The first-order valence-electron chi connectivity index (χ1n) is 9.14. The average Bonchev–Trinajstić information content (AvgIpc) is 2.64. The molecular weight excluding hydrogens is 367 g/mol. The summed E-state index contributed by atoms with van der Waals surface area (Å²) in [4.78, 5) is 38.9. The van der Waals surface area contributed by atoms with Gasteiger partial charge in [-0.15, -0.1) is 0 Å². The molecule has 0 aromatic rings. The number of rotatable bonds is 4. The Labute approximate surface area is 156 Å². The molecule has 2 saturated heterocycles. The molecular formula is C17H26F3N3O4. The SMILES string of the molecule is CC(C)[C@@H](NC(=O)C1CCN(C(=O)C(F)(F)F)CC1)C(=O)N1CCOCC1. The van der Waals surface area contributed by atoms with E-state index in [0.717, 1.165) is 4.90 Å². The number of carbonyl (C=O) groups is 3. The van der Waals surface area contributed by atoms with Crippen LogP contribution >= 0.6 is 0 Å². The third kappa shape index (κ3) is 5.57. The van der Waals surface area contributed by atoms with E-state index in [9.17, 15) is 27.6 Å². The first kappa shape index (κ1) is 21.5. The van der Waals surface area contributed by atoms with Crippen LogP contribution < -0.4 is 5.32 Å². The van der Waals surface area contributed by atoms with Crippen molar-refractivity contribution in [1.82, 2.24) is 15.1 Å². The fourth-order valence-electron chi connectivity index (χ4n) is 3.29. The molecule has 1 N–H and O–H groups in total. The van der Waals surface area contributed by atoms with Gasteiger partial charge >= 0.3 is 12.1 Å². The van der Waals surface area contributed by atoms with Crippen LogP contribution in [0.1, 0.15) is 26.7 Å². The minimum absolute atomic E-state index is 0.125. The number of piperidine rings is 1. The van der Waals surface area contributed by atoms with Crippen molar-refractivity contribution in [2.24, 2.45) is 11.8 Å². The molecule has 2 aliphatic heterocycles. The quantitative estimate of drug-likeness (QED) is 0.766. The number of hydrogen-bond donors (Lipinski definition) is 1. The number of halogens is 3. The molecule has 2 fully saturated rings. The summed E-state index contributed by atoms with van der Waals surface area (Å²) in [5, 5.41) is 2.76. The van der Waals surface area contributed by atoms with Crippen molar-refractivity contribution in [3.8, 4) is 0 Å². The number of nitrogens with one attached hydrogen (secondary N) is 1. The molecule has 1 atom stereocenters. The minimum Gasteiger partial charge on any atom is -0.378 e. The van der Waals surface area contributed by atoms with Gasteiger partial charge in [-0.1, -0.05) is 13.8 Å². The molecule has 3 amide bonds. The van der Waals surface area contributed by atoms with Crippen LogP contribution in [-0.4, -0.2) is 79.1 Å². The highest BCUT2D eigenvalue weighted by Crippen LogP contribution is 2.24. The van der Waals surface area contributed by atoms with Gasteiger partial charge in [0.1, 0.15) is 6.04 Å². The smallest absolute Gasteiger partial charge is 0.378 e. The highest BCUT2D eigenvalue weighted by molar-refractivity contribution is 5.89. The van der Waals surface area contributed by atoms with Crippen molar-refractivity contribution >= 4 is 17.7 Å². The predicted molar refractivity (Wildman–Crippen MR) is 89.5 cm³/mol. The number of morpholine rings is 1. The molecule has 0 bridgehead atoms. The third-order valence-corrected chi connectivity index (χ3v) is 4.95. The highest BCUT2D eigenvalue weighted by atomic mass is 19.4. The summed E-state index contributed by atoms with van der Waals surface area (Å²) in [5.74, 6) is -3.04. The van der Waals surface area contributed by atoms with Gasteiger partial charge in [-0.25, -0.2) is 0 Å². The van der Waals surface area contributed by atoms with Gasteiger partial charge in [-0.3, -0.25) is 14.4 Å². The van der Waals surface area contributed by atoms with Gasteiger partial charge < -0.3 is 19.9 Å². The molecule has 7 nitrogen and oxygen atoms in total. The lowest BCUT2D eigenvalue weighted by Gasteiger charge is -2.35. The Kier molecular flexibility index (Phi) is 7.07. The first-order valence-corrected chi connectivity index (χ1v) is 9.14. The number of hydrogen-bond acceptors (Lipinski definition) is 4. The molecule has 154 valence electrons. The van der Waals surface area contributed by atoms with Gasteiger partial charge in [0.25, 0.3) is 0 Å². The van der Waals surface area contributed by atoms with Gasteiger partial charge in [0.15, 0.2) is 0 Å². The maximum Gasteiger partial charge on any atom is 0.471 e. The number of alkyl halides is 3. The molecule has 0 aromatic heterocycles. The Bertz CT molecular complexity index is 554. The summed E-state index contributed by atoms with van der Waals surface area (Å²) in [6, 6.07) is -0.689. The molecule has 0 spiro atoms. The lowest BCUT2D eigenvalue weighted by Crippen LogP contribution is -2.55. The van der Waals surface area contributed by atoms with Gasteiger partial charge in [-0.05, 0) is 18.8 Å². The lowest BCUT2D eigenvalue weighted by molar-refractivity contribution is -0.186. The van der Waals surface area contributed by atoms with Crippen LogP contribution in [0.3, 0.4) is 0 Å². The van der Waals surface area contributed by atoms with Gasteiger partial charge in [0.2, 0.25) is 11.8 Å². The summed E-state index contributed by atoms with van der Waals surface area (Å²) < 4.78 is 42.7. The van der Waals surface area contributed by atoms with Crippen molar-refractivity contribution in [2.45, 2.75) is 38.9 Å². The number of nitrogens with zero attached hydrogens (tertiary/aromatic N) is 2. The highest BCUT2D eigenvalue weighted by Gasteiger charge is 2.44. The van der Waals surface area contributed by atoms with Crippen LogP contribution in [0.5, 0.6) is 0 Å². The summed E-state index contributed by atoms with van der Waals surface area (Å²) in [6.45, 7) is 5.25. The topological polar surface area (TPSA) is 79.0 Å². The largest absolute Gasteiger partial charge is 0.471 e. The van der Waals surface area contributed by atoms with Crippen molar-refractivity contribution in [1.29, 1.82) is 0 Å². The summed E-state index contributed by atoms with van der Waals surface area (Å²) >= 11 is 0. The third-order valence-electron chi connectivity index (χ3n) is 4.95. The zero-order valence-electron chi connectivity index (χ0n) is 15.6. The van der Waals surface area contributed by atoms with E-state index in [1.165, 1.54) is 0 Å². The Hall–Kier alpha value is -1.84. The first-order chi connectivity index (χ1) is 12.6. The van der Waals surface area contributed by atoms with Crippen LogP contribution in [0.25, 0.3) is 0 Å². The normalized spacial score (nSPS) is 20.5. The van der Waals surface area contributed by atoms with Crippen LogP contribution in [0.4, 0.5) is 13.2 Å². The van der Waals surface area contributed by atoms with Crippen LogP contribution in [0.15, 0.2) is 0 Å². The Morgan fingerprint density at radius 3 is 2.04 bits per heavy atom. The lowest BCUT2D eigenvalue weighted by atomic mass is 9.94. The fraction of sp³-hybridized carbons (Fsp3) is 0.824. The summed E-state index contributed by atoms with van der Waals surface area (Å²) in [6.07, 6.45) is -4.61. The molecule has 0 saturated carbocycles. The number of amides is 3. The van der Waals surface area contributed by atoms with Crippen molar-refractivity contribution in [2.75, 3.05) is 39.4 Å². The number of carbonyl (C=O) groups excluding carboxylic acids is 3. The van der Waals surface area contributed by atoms with Crippen LogP contribution in [0, 0.1) is 11.8 Å². The van der Waals surface area contributed by atoms with E-state index in [-0.39, 0.29) is 43.7 Å². The second kappa shape index (κ2) is 8.90. The van der Waals surface area contributed by atoms with E-state index in [1.807, 2.05) is 13.8 Å². The monoisotopic (exact) mass is 393 g/mol. The van der Waals surface area contributed by atoms with E-state index < -0.39 is 24.0 Å². The maximum absolute atomic E-state index is 12.7. The average molecular weight is 393 g/mol. The Morgan fingerprint density at radius 2 is 1.56 bits per heavy atom.